The molecule has 15 heavy (non-hydrogen) atoms. The summed E-state index contributed by atoms with van der Waals surface area (Å²) in [6.45, 7) is 0. The molecular weight excluding hydrogens is 279 g/mol. The van der Waals surface area contributed by atoms with Gasteiger partial charge in [0.05, 0.1) is 21.3 Å². The van der Waals surface area contributed by atoms with Crippen molar-refractivity contribution in [2.45, 2.75) is 0 Å². The van der Waals surface area contributed by atoms with Crippen molar-refractivity contribution in [1.29, 1.82) is 0 Å². The summed E-state index contributed by atoms with van der Waals surface area (Å²) in [7, 11) is -3.34. The van der Waals surface area contributed by atoms with Crippen molar-refractivity contribution in [3.8, 4) is 11.2 Å². The third-order valence-corrected chi connectivity index (χ3v) is 3.03. The zero-order chi connectivity index (χ0) is 11.6. The van der Waals surface area contributed by atoms with Crippen molar-refractivity contribution in [2.75, 3.05) is 6.26 Å². The number of hydrogen-bond donors (Lipinski definition) is 0. The fourth-order valence-corrected chi connectivity index (χ4v) is 1.68. The number of hydrogen-bond acceptors (Lipinski definition) is 2. The van der Waals surface area contributed by atoms with Gasteiger partial charge in [-0.1, -0.05) is 34.8 Å². The Balaban J connectivity index is 3.23. The molecule has 1 aromatic rings. The molecule has 0 saturated carbocycles. The fraction of sp³-hybridized carbons (Fsp3) is 0.111. The van der Waals surface area contributed by atoms with Gasteiger partial charge in [0.1, 0.15) is 0 Å². The predicted octanol–water partition coefficient (Wildman–Crippen LogP) is 3.00. The summed E-state index contributed by atoms with van der Waals surface area (Å²) in [5, 5.41) is 2.77. The van der Waals surface area contributed by atoms with E-state index in [1.54, 1.807) is 0 Å². The van der Waals surface area contributed by atoms with Crippen molar-refractivity contribution < 1.29 is 8.42 Å². The van der Waals surface area contributed by atoms with Gasteiger partial charge in [0.2, 0.25) is 9.84 Å². The molecule has 1 rings (SSSR count). The minimum Gasteiger partial charge on any atom is -0.216 e. The maximum absolute atomic E-state index is 10.8. The zero-order valence-corrected chi connectivity index (χ0v) is 10.6. The average molecular weight is 284 g/mol. The first kappa shape index (κ1) is 12.7. The highest BCUT2D eigenvalue weighted by atomic mass is 35.5. The number of benzene rings is 1. The Bertz CT molecular complexity index is 529. The van der Waals surface area contributed by atoms with E-state index in [0.717, 1.165) is 6.26 Å². The molecular formula is C9H5Cl3O2S. The Morgan fingerprint density at radius 2 is 1.60 bits per heavy atom. The van der Waals surface area contributed by atoms with Crippen LogP contribution in [-0.2, 0) is 9.84 Å². The standard InChI is InChI=1S/C9H5Cl3O2S/c1-15(13,14)3-2-6-4-7(10)9(12)8(11)5-6/h4-5H,1H3. The first-order chi connectivity index (χ1) is 6.79. The van der Waals surface area contributed by atoms with E-state index < -0.39 is 9.84 Å². The molecule has 0 radical (unpaired) electrons. The smallest absolute Gasteiger partial charge is 0.214 e. The van der Waals surface area contributed by atoms with Crippen molar-refractivity contribution in [2.24, 2.45) is 0 Å². The number of rotatable bonds is 0. The molecule has 2 nitrogen and oxygen atoms in total. The number of halogens is 3. The van der Waals surface area contributed by atoms with Gasteiger partial charge in [0.25, 0.3) is 0 Å². The van der Waals surface area contributed by atoms with Crippen LogP contribution in [0, 0.1) is 11.2 Å². The summed E-state index contributed by atoms with van der Waals surface area (Å²) in [6, 6.07) is 2.90. The Morgan fingerprint density at radius 1 is 1.13 bits per heavy atom. The minimum atomic E-state index is -3.34. The normalized spacial score (nSPS) is 10.7. The van der Waals surface area contributed by atoms with Crippen molar-refractivity contribution in [3.63, 3.8) is 0 Å². The first-order valence-corrected chi connectivity index (χ1v) is 6.69. The molecule has 6 heteroatoms. The van der Waals surface area contributed by atoms with Crippen molar-refractivity contribution >= 4 is 44.6 Å². The lowest BCUT2D eigenvalue weighted by atomic mass is 10.2. The lowest BCUT2D eigenvalue weighted by molar-refractivity contribution is 0.611. The van der Waals surface area contributed by atoms with E-state index in [-0.39, 0.29) is 15.1 Å². The minimum absolute atomic E-state index is 0.225. The average Bonchev–Trinajstić information content (AvgIpc) is 2.09. The molecule has 0 heterocycles. The molecule has 0 aliphatic heterocycles. The van der Waals surface area contributed by atoms with Gasteiger partial charge in [-0.25, -0.2) is 8.42 Å². The van der Waals surface area contributed by atoms with Crippen LogP contribution in [0.3, 0.4) is 0 Å². The molecule has 0 bridgehead atoms. The molecule has 0 aliphatic rings. The Hall–Kier alpha value is -0.400. The summed E-state index contributed by atoms with van der Waals surface area (Å²) in [5.74, 6) is 2.43. The van der Waals surface area contributed by atoms with Gasteiger partial charge in [-0.2, -0.15) is 0 Å². The van der Waals surface area contributed by atoms with E-state index in [0.29, 0.717) is 5.56 Å². The third-order valence-electron chi connectivity index (χ3n) is 1.36. The molecule has 80 valence electrons. The Kier molecular flexibility index (Phi) is 3.91. The highest BCUT2D eigenvalue weighted by molar-refractivity contribution is 7.95. The van der Waals surface area contributed by atoms with Crippen LogP contribution < -0.4 is 0 Å². The second kappa shape index (κ2) is 4.63. The Morgan fingerprint density at radius 3 is 2.00 bits per heavy atom. The van der Waals surface area contributed by atoms with Crippen molar-refractivity contribution in [3.05, 3.63) is 32.8 Å². The zero-order valence-electron chi connectivity index (χ0n) is 7.51. The maximum Gasteiger partial charge on any atom is 0.214 e. The summed E-state index contributed by atoms with van der Waals surface area (Å²) >= 11 is 17.2. The number of sulfone groups is 1. The lowest BCUT2D eigenvalue weighted by Gasteiger charge is -1.99. The predicted molar refractivity (Wildman–Crippen MR) is 63.2 cm³/mol. The first-order valence-electron chi connectivity index (χ1n) is 3.67. The largest absolute Gasteiger partial charge is 0.216 e. The van der Waals surface area contributed by atoms with Gasteiger partial charge in [0, 0.05) is 10.8 Å². The second-order valence-corrected chi connectivity index (χ2v) is 5.69. The lowest BCUT2D eigenvalue weighted by Crippen LogP contribution is -1.89. The molecule has 0 atom stereocenters. The van der Waals surface area contributed by atoms with Crippen LogP contribution in [0.2, 0.25) is 15.1 Å². The topological polar surface area (TPSA) is 34.1 Å². The van der Waals surface area contributed by atoms with Gasteiger partial charge < -0.3 is 0 Å². The summed E-state index contributed by atoms with van der Waals surface area (Å²) in [5.41, 5.74) is 0.403. The van der Waals surface area contributed by atoms with Gasteiger partial charge in [-0.3, -0.25) is 0 Å². The molecule has 0 fully saturated rings. The molecule has 0 N–H and O–H groups in total. The van der Waals surface area contributed by atoms with Gasteiger partial charge in [-0.15, -0.1) is 0 Å². The van der Waals surface area contributed by atoms with E-state index in [4.69, 9.17) is 34.8 Å². The maximum atomic E-state index is 10.8. The van der Waals surface area contributed by atoms with E-state index in [2.05, 4.69) is 11.2 Å². The second-order valence-electron chi connectivity index (χ2n) is 2.75. The van der Waals surface area contributed by atoms with Gasteiger partial charge in [0.15, 0.2) is 0 Å². The molecule has 1 aromatic carbocycles. The van der Waals surface area contributed by atoms with Crippen LogP contribution in [0.5, 0.6) is 0 Å². The summed E-state index contributed by atoms with van der Waals surface area (Å²) < 4.78 is 21.6. The van der Waals surface area contributed by atoms with Crippen LogP contribution in [-0.4, -0.2) is 14.7 Å². The van der Waals surface area contributed by atoms with Crippen LogP contribution in [0.4, 0.5) is 0 Å². The molecule has 0 aromatic heterocycles. The molecule has 0 saturated heterocycles. The van der Waals surface area contributed by atoms with Gasteiger partial charge >= 0.3 is 0 Å². The fourth-order valence-electron chi connectivity index (χ4n) is 0.779. The van der Waals surface area contributed by atoms with Crippen LogP contribution in [0.15, 0.2) is 12.1 Å². The van der Waals surface area contributed by atoms with Crippen LogP contribution >= 0.6 is 34.8 Å². The molecule has 0 amide bonds. The van der Waals surface area contributed by atoms with Crippen LogP contribution in [0.1, 0.15) is 5.56 Å². The Labute approximate surface area is 103 Å². The van der Waals surface area contributed by atoms with E-state index in [1.807, 2.05) is 0 Å². The third kappa shape index (κ3) is 3.92. The summed E-state index contributed by atoms with van der Waals surface area (Å²) in [4.78, 5) is 0. The monoisotopic (exact) mass is 282 g/mol. The molecule has 0 unspecified atom stereocenters. The SMILES string of the molecule is CS(=O)(=O)C#Cc1cc(Cl)c(Cl)c(Cl)c1. The highest BCUT2D eigenvalue weighted by Gasteiger charge is 2.04. The quantitative estimate of drug-likeness (QED) is 0.542. The van der Waals surface area contributed by atoms with E-state index in [9.17, 15) is 8.42 Å². The van der Waals surface area contributed by atoms with Gasteiger partial charge in [-0.05, 0) is 18.1 Å². The van der Waals surface area contributed by atoms with Crippen molar-refractivity contribution in [1.82, 2.24) is 0 Å². The van der Waals surface area contributed by atoms with E-state index >= 15 is 0 Å². The molecule has 0 aliphatic carbocycles. The summed E-state index contributed by atoms with van der Waals surface area (Å²) in [6.07, 6.45) is 1.01. The van der Waals surface area contributed by atoms with E-state index in [1.165, 1.54) is 12.1 Å². The van der Waals surface area contributed by atoms with Crippen LogP contribution in [0.25, 0.3) is 0 Å². The highest BCUT2D eigenvalue weighted by Crippen LogP contribution is 2.30. The molecule has 0 spiro atoms.